The molecule has 3 rings (SSSR count). The number of halogens is 1. The number of rotatable bonds is 10. The van der Waals surface area contributed by atoms with Crippen LogP contribution in [0.2, 0.25) is 0 Å². The van der Waals surface area contributed by atoms with Gasteiger partial charge in [-0.2, -0.15) is 0 Å². The summed E-state index contributed by atoms with van der Waals surface area (Å²) in [6, 6.07) is 5.90. The number of nitrogens with one attached hydrogen (secondary N) is 1. The van der Waals surface area contributed by atoms with Crippen molar-refractivity contribution >= 4 is 42.0 Å². The molecule has 0 bridgehead atoms. The maximum Gasteiger partial charge on any atom is 0.412 e. The monoisotopic (exact) mass is 541 g/mol. The van der Waals surface area contributed by atoms with Crippen molar-refractivity contribution in [2.75, 3.05) is 51.5 Å². The topological polar surface area (TPSA) is 124 Å². The van der Waals surface area contributed by atoms with Gasteiger partial charge < -0.3 is 29.2 Å². The molecule has 0 radical (unpaired) electrons. The number of nitrogens with zero attached hydrogens (tertiary/aromatic N) is 2. The second-order valence-electron chi connectivity index (χ2n) is 8.77. The largest absolute Gasteiger partial charge is 0.466 e. The number of hydrogen-bond acceptors (Lipinski definition) is 9. The third kappa shape index (κ3) is 10.2. The van der Waals surface area contributed by atoms with Crippen LogP contribution in [0, 0.1) is 0 Å². The number of likely N-dealkylation sites (tertiary alicyclic amines) is 1. The van der Waals surface area contributed by atoms with Gasteiger partial charge in [0.25, 0.3) is 0 Å². The van der Waals surface area contributed by atoms with Gasteiger partial charge in [-0.3, -0.25) is 19.3 Å². The highest BCUT2D eigenvalue weighted by Crippen LogP contribution is 2.23. The summed E-state index contributed by atoms with van der Waals surface area (Å²) in [4.78, 5) is 50.5. The van der Waals surface area contributed by atoms with E-state index in [1.54, 1.807) is 6.92 Å². The molecular formula is C25H36ClN3O8. The lowest BCUT2D eigenvalue weighted by Gasteiger charge is -2.31. The molecule has 0 saturated carbocycles. The molecular weight excluding hydrogens is 506 g/mol. The summed E-state index contributed by atoms with van der Waals surface area (Å²) in [5.74, 6) is -0.945. The second-order valence-corrected chi connectivity index (χ2v) is 8.77. The Labute approximate surface area is 223 Å². The van der Waals surface area contributed by atoms with E-state index in [2.05, 4.69) is 15.0 Å². The molecule has 37 heavy (non-hydrogen) atoms. The van der Waals surface area contributed by atoms with Crippen LogP contribution in [0.4, 0.5) is 10.5 Å². The van der Waals surface area contributed by atoms with Crippen LogP contribution in [0.3, 0.4) is 0 Å². The van der Waals surface area contributed by atoms with Crippen LogP contribution in [0.1, 0.15) is 44.2 Å². The zero-order chi connectivity index (χ0) is 25.9. The van der Waals surface area contributed by atoms with E-state index in [-0.39, 0.29) is 37.0 Å². The molecule has 12 heteroatoms. The zero-order valence-electron chi connectivity index (χ0n) is 21.4. The van der Waals surface area contributed by atoms with Crippen molar-refractivity contribution in [2.24, 2.45) is 0 Å². The van der Waals surface area contributed by atoms with Gasteiger partial charge in [0.1, 0.15) is 6.61 Å². The molecule has 206 valence electrons. The van der Waals surface area contributed by atoms with Crippen molar-refractivity contribution in [3.63, 3.8) is 0 Å². The predicted molar refractivity (Wildman–Crippen MR) is 136 cm³/mol. The number of fused-ring (bicyclic) bond motifs is 1. The molecule has 2 amide bonds. The first-order valence-corrected chi connectivity index (χ1v) is 12.3. The fraction of sp³-hybridized carbons (Fsp3) is 0.600. The van der Waals surface area contributed by atoms with E-state index in [1.165, 1.54) is 17.4 Å². The molecule has 1 aromatic rings. The molecule has 11 nitrogen and oxygen atoms in total. The summed E-state index contributed by atoms with van der Waals surface area (Å²) in [5, 5.41) is 2.89. The summed E-state index contributed by atoms with van der Waals surface area (Å²) in [7, 11) is 0. The average molecular weight is 542 g/mol. The first kappa shape index (κ1) is 30.3. The Morgan fingerprint density at radius 1 is 1.03 bits per heavy atom. The maximum absolute atomic E-state index is 12.4. The molecule has 0 unspecified atom stereocenters. The highest BCUT2D eigenvalue weighted by molar-refractivity contribution is 5.91. The highest BCUT2D eigenvalue weighted by Gasteiger charge is 2.25. The van der Waals surface area contributed by atoms with E-state index < -0.39 is 18.9 Å². The number of esters is 2. The van der Waals surface area contributed by atoms with E-state index in [0.717, 1.165) is 25.1 Å². The van der Waals surface area contributed by atoms with Gasteiger partial charge in [-0.25, -0.2) is 4.79 Å². The molecule has 1 aromatic carbocycles. The lowest BCUT2D eigenvalue weighted by atomic mass is 9.99. The van der Waals surface area contributed by atoms with E-state index in [9.17, 15) is 19.2 Å². The van der Waals surface area contributed by atoms with E-state index in [4.69, 9.17) is 14.2 Å². The fourth-order valence-corrected chi connectivity index (χ4v) is 4.22. The minimum absolute atomic E-state index is 0. The number of carbonyl (C=O) groups is 4. The maximum atomic E-state index is 12.4. The smallest absolute Gasteiger partial charge is 0.412 e. The Hall–Kier alpha value is -2.89. The summed E-state index contributed by atoms with van der Waals surface area (Å²) in [6.45, 7) is 6.06. The molecule has 1 fully saturated rings. The van der Waals surface area contributed by atoms with E-state index >= 15 is 0 Å². The molecule has 0 atom stereocenters. The lowest BCUT2D eigenvalue weighted by molar-refractivity contribution is -0.150. The third-order valence-corrected chi connectivity index (χ3v) is 6.11. The van der Waals surface area contributed by atoms with Crippen molar-refractivity contribution < 1.29 is 38.1 Å². The van der Waals surface area contributed by atoms with Crippen LogP contribution in [-0.2, 0) is 46.3 Å². The molecule has 0 aliphatic carbocycles. The van der Waals surface area contributed by atoms with Gasteiger partial charge in [-0.15, -0.1) is 12.4 Å². The molecule has 0 aromatic heterocycles. The Bertz CT molecular complexity index is 937. The van der Waals surface area contributed by atoms with Crippen molar-refractivity contribution in [2.45, 2.75) is 52.2 Å². The van der Waals surface area contributed by atoms with Gasteiger partial charge in [0.05, 0.1) is 19.1 Å². The Morgan fingerprint density at radius 3 is 2.49 bits per heavy atom. The molecule has 0 spiro atoms. The van der Waals surface area contributed by atoms with Gasteiger partial charge >= 0.3 is 18.0 Å². The van der Waals surface area contributed by atoms with Crippen LogP contribution in [0.5, 0.6) is 0 Å². The second kappa shape index (κ2) is 15.4. The van der Waals surface area contributed by atoms with Crippen molar-refractivity contribution in [3.8, 4) is 0 Å². The van der Waals surface area contributed by atoms with E-state index in [1.807, 2.05) is 18.2 Å². The van der Waals surface area contributed by atoms with Crippen LogP contribution >= 0.6 is 12.4 Å². The van der Waals surface area contributed by atoms with Crippen molar-refractivity contribution in [1.29, 1.82) is 0 Å². The minimum Gasteiger partial charge on any atom is -0.466 e. The van der Waals surface area contributed by atoms with Gasteiger partial charge in [0.15, 0.2) is 0 Å². The zero-order valence-corrected chi connectivity index (χ0v) is 22.2. The molecule has 1 N–H and O–H groups in total. The number of anilines is 1. The number of benzene rings is 1. The standard InChI is InChI=1S/C25H35N3O8.ClH/c1-3-33-24(31)9-11-27-10-6-19-4-5-21(14-20(19)15-27)26-23(30)16-34-22-7-12-28(13-8-22)25(32)36-17-35-18(2)29;/h4-5,14,22H,3,6-13,15-17H2,1-2H3,(H,26,30);1H. The normalized spacial score (nSPS) is 15.7. The first-order chi connectivity index (χ1) is 17.3. The quantitative estimate of drug-likeness (QED) is 0.351. The summed E-state index contributed by atoms with van der Waals surface area (Å²) >= 11 is 0. The number of carbonyl (C=O) groups excluding carboxylic acids is 4. The van der Waals surface area contributed by atoms with Gasteiger partial charge in [0, 0.05) is 45.3 Å². The van der Waals surface area contributed by atoms with Crippen LogP contribution in [0.25, 0.3) is 0 Å². The third-order valence-electron chi connectivity index (χ3n) is 6.11. The Kier molecular flexibility index (Phi) is 12.6. The number of ether oxygens (including phenoxy) is 4. The minimum atomic E-state index is -0.542. The predicted octanol–water partition coefficient (Wildman–Crippen LogP) is 2.50. The summed E-state index contributed by atoms with van der Waals surface area (Å²) in [5.41, 5.74) is 3.09. The molecule has 2 heterocycles. The SMILES string of the molecule is CCOC(=O)CCN1CCc2ccc(NC(=O)COC3CCN(C(=O)OCOC(C)=O)CC3)cc2C1.Cl. The van der Waals surface area contributed by atoms with Gasteiger partial charge in [-0.05, 0) is 49.4 Å². The van der Waals surface area contributed by atoms with Crippen LogP contribution in [-0.4, -0.2) is 86.0 Å². The number of piperidine rings is 1. The van der Waals surface area contributed by atoms with Gasteiger partial charge in [0.2, 0.25) is 12.7 Å². The molecule has 2 aliphatic heterocycles. The van der Waals surface area contributed by atoms with Crippen molar-refractivity contribution in [3.05, 3.63) is 29.3 Å². The Morgan fingerprint density at radius 2 is 1.78 bits per heavy atom. The van der Waals surface area contributed by atoms with Crippen LogP contribution < -0.4 is 5.32 Å². The fourth-order valence-electron chi connectivity index (χ4n) is 4.22. The first-order valence-electron chi connectivity index (χ1n) is 12.3. The summed E-state index contributed by atoms with van der Waals surface area (Å²) < 4.78 is 20.2. The molecule has 2 aliphatic rings. The number of amides is 2. The van der Waals surface area contributed by atoms with Crippen LogP contribution in [0.15, 0.2) is 18.2 Å². The summed E-state index contributed by atoms with van der Waals surface area (Å²) in [6.07, 6.45) is 1.74. The lowest BCUT2D eigenvalue weighted by Crippen LogP contribution is -2.42. The van der Waals surface area contributed by atoms with E-state index in [0.29, 0.717) is 51.2 Å². The Balaban J connectivity index is 0.00000481. The highest BCUT2D eigenvalue weighted by atomic mass is 35.5. The van der Waals surface area contributed by atoms with Crippen molar-refractivity contribution in [1.82, 2.24) is 9.80 Å². The average Bonchev–Trinajstić information content (AvgIpc) is 2.86. The number of hydrogen-bond donors (Lipinski definition) is 1. The van der Waals surface area contributed by atoms with Gasteiger partial charge in [-0.1, -0.05) is 6.07 Å². The molecule has 1 saturated heterocycles.